The fourth-order valence-electron chi connectivity index (χ4n) is 4.04. The minimum Gasteiger partial charge on any atom is -0.393 e. The number of likely N-dealkylation sites (N-methyl/N-ethyl adjacent to an activating group) is 1. The molecule has 0 unspecified atom stereocenters. The Kier molecular flexibility index (Phi) is 6.72. The quantitative estimate of drug-likeness (QED) is 0.524. The molecule has 1 saturated heterocycles. The first-order valence-corrected chi connectivity index (χ1v) is 11.4. The highest BCUT2D eigenvalue weighted by atomic mass is 35.5. The van der Waals surface area contributed by atoms with Crippen LogP contribution in [-0.2, 0) is 0 Å². The van der Waals surface area contributed by atoms with E-state index in [2.05, 4.69) is 55.9 Å². The van der Waals surface area contributed by atoms with E-state index in [1.807, 2.05) is 14.1 Å². The van der Waals surface area contributed by atoms with E-state index in [-0.39, 0.29) is 16.7 Å². The lowest BCUT2D eigenvalue weighted by Crippen LogP contribution is -2.55. The minimum atomic E-state index is -0.378. The summed E-state index contributed by atoms with van der Waals surface area (Å²) in [5.41, 5.74) is 8.50. The average Bonchev–Trinajstić information content (AvgIpc) is 2.81. The predicted molar refractivity (Wildman–Crippen MR) is 135 cm³/mol. The van der Waals surface area contributed by atoms with E-state index in [4.69, 9.17) is 17.3 Å². The van der Waals surface area contributed by atoms with Gasteiger partial charge in [-0.2, -0.15) is 0 Å². The molecule has 0 radical (unpaired) electrons. The number of aromatic nitrogens is 4. The van der Waals surface area contributed by atoms with Gasteiger partial charge in [0.2, 0.25) is 5.95 Å². The van der Waals surface area contributed by atoms with Crippen LogP contribution in [-0.4, -0.2) is 71.2 Å². The molecule has 1 aromatic carbocycles. The van der Waals surface area contributed by atoms with E-state index >= 15 is 4.39 Å². The highest BCUT2D eigenvalue weighted by Crippen LogP contribution is 2.38. The van der Waals surface area contributed by atoms with Crippen LogP contribution >= 0.6 is 11.6 Å². The molecule has 3 aromatic rings. The van der Waals surface area contributed by atoms with Crippen molar-refractivity contribution in [3.05, 3.63) is 41.7 Å². The molecule has 3 heterocycles. The van der Waals surface area contributed by atoms with Gasteiger partial charge in [0, 0.05) is 51.0 Å². The Morgan fingerprint density at radius 3 is 2.53 bits per heavy atom. The van der Waals surface area contributed by atoms with Gasteiger partial charge in [-0.3, -0.25) is 4.90 Å². The van der Waals surface area contributed by atoms with Crippen LogP contribution in [0.2, 0.25) is 5.15 Å². The molecule has 0 aliphatic carbocycles. The van der Waals surface area contributed by atoms with Crippen LogP contribution in [0.15, 0.2) is 30.7 Å². The predicted octanol–water partition coefficient (Wildman–Crippen LogP) is 3.65. The van der Waals surface area contributed by atoms with Gasteiger partial charge in [0.15, 0.2) is 11.0 Å². The van der Waals surface area contributed by atoms with E-state index in [1.54, 1.807) is 29.3 Å². The molecule has 1 aliphatic heterocycles. The molecule has 1 aliphatic rings. The van der Waals surface area contributed by atoms with Gasteiger partial charge in [0.1, 0.15) is 17.8 Å². The molecule has 0 saturated carbocycles. The highest BCUT2D eigenvalue weighted by molar-refractivity contribution is 6.32. The van der Waals surface area contributed by atoms with Crippen LogP contribution in [0, 0.1) is 5.82 Å². The van der Waals surface area contributed by atoms with E-state index in [1.165, 1.54) is 6.33 Å². The van der Waals surface area contributed by atoms with Crippen LogP contribution < -0.4 is 20.9 Å². The molecule has 0 spiro atoms. The standard InChI is InChI=1S/C23H29ClFN9/c1-13-10-34(11-14(2)33(13)5)19-9-16(25)15(17-6-7-27-23(31-17)32(3)4)8-18(19)30-22-20(26)21(24)28-12-29-22/h6-9,12-14H,10-11,26H2,1-5H3,(H,28,29,30)/t13-,14+. The van der Waals surface area contributed by atoms with Crippen molar-refractivity contribution in [3.8, 4) is 11.3 Å². The molecule has 2 atom stereocenters. The molecule has 34 heavy (non-hydrogen) atoms. The summed E-state index contributed by atoms with van der Waals surface area (Å²) >= 11 is 6.11. The summed E-state index contributed by atoms with van der Waals surface area (Å²) in [7, 11) is 5.78. The van der Waals surface area contributed by atoms with Crippen molar-refractivity contribution in [3.63, 3.8) is 0 Å². The zero-order chi connectivity index (χ0) is 24.6. The summed E-state index contributed by atoms with van der Waals surface area (Å²) in [6, 6.07) is 5.55. The summed E-state index contributed by atoms with van der Waals surface area (Å²) < 4.78 is 15.5. The van der Waals surface area contributed by atoms with Crippen LogP contribution in [0.5, 0.6) is 0 Å². The Bertz CT molecular complexity index is 1180. The van der Waals surface area contributed by atoms with Crippen molar-refractivity contribution in [2.75, 3.05) is 55.1 Å². The number of hydrogen-bond acceptors (Lipinski definition) is 9. The maximum absolute atomic E-state index is 15.5. The van der Waals surface area contributed by atoms with Gasteiger partial charge in [-0.15, -0.1) is 0 Å². The summed E-state index contributed by atoms with van der Waals surface area (Å²) in [4.78, 5) is 23.2. The van der Waals surface area contributed by atoms with Crippen molar-refractivity contribution in [2.24, 2.45) is 0 Å². The molecular formula is C23H29ClFN9. The largest absolute Gasteiger partial charge is 0.393 e. The number of nitrogens with zero attached hydrogens (tertiary/aromatic N) is 7. The Morgan fingerprint density at radius 2 is 1.85 bits per heavy atom. The normalized spacial score (nSPS) is 18.7. The lowest BCUT2D eigenvalue weighted by molar-refractivity contribution is 0.170. The van der Waals surface area contributed by atoms with Crippen LogP contribution in [0.25, 0.3) is 11.3 Å². The van der Waals surface area contributed by atoms with E-state index in [0.717, 1.165) is 13.1 Å². The number of rotatable bonds is 5. The number of hydrogen-bond donors (Lipinski definition) is 2. The second-order valence-electron chi connectivity index (χ2n) is 8.81. The molecule has 180 valence electrons. The first-order chi connectivity index (χ1) is 16.2. The van der Waals surface area contributed by atoms with Crippen molar-refractivity contribution < 1.29 is 4.39 Å². The fraction of sp³-hybridized carbons (Fsp3) is 0.391. The Hall–Kier alpha value is -3.24. The monoisotopic (exact) mass is 485 g/mol. The summed E-state index contributed by atoms with van der Waals surface area (Å²) in [6.07, 6.45) is 2.95. The minimum absolute atomic E-state index is 0.148. The van der Waals surface area contributed by atoms with Crippen molar-refractivity contribution in [1.82, 2.24) is 24.8 Å². The lowest BCUT2D eigenvalue weighted by Gasteiger charge is -2.44. The molecule has 4 rings (SSSR count). The van der Waals surface area contributed by atoms with Gasteiger partial charge in [0.25, 0.3) is 0 Å². The van der Waals surface area contributed by atoms with Gasteiger partial charge < -0.3 is 20.9 Å². The summed E-state index contributed by atoms with van der Waals surface area (Å²) in [5, 5.41) is 3.41. The number of piperazine rings is 1. The van der Waals surface area contributed by atoms with E-state index in [0.29, 0.717) is 46.5 Å². The van der Waals surface area contributed by atoms with Crippen molar-refractivity contribution in [1.29, 1.82) is 0 Å². The van der Waals surface area contributed by atoms with Gasteiger partial charge in [-0.25, -0.2) is 24.3 Å². The first-order valence-electron chi connectivity index (χ1n) is 11.0. The summed E-state index contributed by atoms with van der Waals surface area (Å²) in [6.45, 7) is 5.80. The maximum atomic E-state index is 15.5. The zero-order valence-electron chi connectivity index (χ0n) is 19.9. The fourth-order valence-corrected chi connectivity index (χ4v) is 4.17. The number of nitrogens with one attached hydrogen (secondary N) is 1. The Labute approximate surface area is 203 Å². The van der Waals surface area contributed by atoms with Crippen molar-refractivity contribution >= 4 is 40.4 Å². The second-order valence-corrected chi connectivity index (χ2v) is 9.16. The van der Waals surface area contributed by atoms with E-state index < -0.39 is 0 Å². The number of halogens is 2. The molecule has 0 bridgehead atoms. The third-order valence-electron chi connectivity index (χ3n) is 6.19. The SMILES string of the molecule is C[C@@H]1CN(c2cc(F)c(-c3ccnc(N(C)C)n3)cc2Nc2ncnc(Cl)c2N)C[C@H](C)N1C. The lowest BCUT2D eigenvalue weighted by atomic mass is 10.0. The highest BCUT2D eigenvalue weighted by Gasteiger charge is 2.29. The third kappa shape index (κ3) is 4.69. The van der Waals surface area contributed by atoms with Gasteiger partial charge in [-0.1, -0.05) is 11.6 Å². The molecule has 11 heteroatoms. The van der Waals surface area contributed by atoms with Crippen LogP contribution in [0.1, 0.15) is 13.8 Å². The first kappa shape index (κ1) is 23.9. The van der Waals surface area contributed by atoms with Gasteiger partial charge >= 0.3 is 0 Å². The summed E-state index contributed by atoms with van der Waals surface area (Å²) in [5.74, 6) is 0.464. The van der Waals surface area contributed by atoms with Crippen LogP contribution in [0.4, 0.5) is 33.2 Å². The zero-order valence-corrected chi connectivity index (χ0v) is 20.7. The molecule has 1 fully saturated rings. The van der Waals surface area contributed by atoms with E-state index in [9.17, 15) is 0 Å². The molecule has 2 aromatic heterocycles. The Morgan fingerprint density at radius 1 is 1.15 bits per heavy atom. The van der Waals surface area contributed by atoms with Crippen LogP contribution in [0.3, 0.4) is 0 Å². The number of nitrogen functional groups attached to an aromatic ring is 1. The smallest absolute Gasteiger partial charge is 0.225 e. The Balaban J connectivity index is 1.83. The topological polar surface area (TPSA) is 99.3 Å². The third-order valence-corrected chi connectivity index (χ3v) is 6.49. The van der Waals surface area contributed by atoms with Gasteiger partial charge in [-0.05, 0) is 39.1 Å². The number of anilines is 5. The molecule has 0 amide bonds. The number of benzene rings is 1. The second kappa shape index (κ2) is 9.55. The average molecular weight is 486 g/mol. The molecular weight excluding hydrogens is 457 g/mol. The maximum Gasteiger partial charge on any atom is 0.225 e. The van der Waals surface area contributed by atoms with Crippen molar-refractivity contribution in [2.45, 2.75) is 25.9 Å². The van der Waals surface area contributed by atoms with Gasteiger partial charge in [0.05, 0.1) is 17.1 Å². The number of nitrogens with two attached hydrogens (primary N) is 1. The molecule has 9 nitrogen and oxygen atoms in total. The molecule has 3 N–H and O–H groups in total.